The molecular weight excluding hydrogens is 236 g/mol. The minimum Gasteiger partial charge on any atom is -0.369 e. The summed E-state index contributed by atoms with van der Waals surface area (Å²) in [6.45, 7) is 0.904. The van der Waals surface area contributed by atoms with Gasteiger partial charge < -0.3 is 11.1 Å². The molecule has 0 aromatic carbocycles. The minimum absolute atomic E-state index is 0.259. The minimum atomic E-state index is 0.259. The highest BCUT2D eigenvalue weighted by Gasteiger charge is 2.13. The maximum absolute atomic E-state index is 5.97. The summed E-state index contributed by atoms with van der Waals surface area (Å²) >= 11 is 5.97. The molecule has 1 aromatic heterocycles. The molecular formula is C12H19ClN4. The Hall–Kier alpha value is -1.03. The van der Waals surface area contributed by atoms with E-state index in [9.17, 15) is 0 Å². The fraction of sp³-hybridized carbons (Fsp3) is 0.667. The summed E-state index contributed by atoms with van der Waals surface area (Å²) < 4.78 is 0. The van der Waals surface area contributed by atoms with Crippen molar-refractivity contribution in [3.63, 3.8) is 0 Å². The van der Waals surface area contributed by atoms with Gasteiger partial charge in [0.05, 0.1) is 6.20 Å². The van der Waals surface area contributed by atoms with Crippen LogP contribution in [0.4, 0.5) is 11.8 Å². The Kier molecular flexibility index (Phi) is 4.42. The number of halogens is 1. The van der Waals surface area contributed by atoms with Crippen LogP contribution in [0, 0.1) is 5.92 Å². The third-order valence-corrected chi connectivity index (χ3v) is 3.61. The van der Waals surface area contributed by atoms with Gasteiger partial charge in [-0.2, -0.15) is 4.98 Å². The van der Waals surface area contributed by atoms with Crippen LogP contribution in [-0.2, 0) is 0 Å². The van der Waals surface area contributed by atoms with Crippen molar-refractivity contribution in [2.45, 2.75) is 38.5 Å². The Morgan fingerprint density at radius 3 is 2.88 bits per heavy atom. The molecule has 1 saturated carbocycles. The summed E-state index contributed by atoms with van der Waals surface area (Å²) in [7, 11) is 0. The van der Waals surface area contributed by atoms with E-state index in [-0.39, 0.29) is 5.95 Å². The first-order chi connectivity index (χ1) is 8.25. The molecule has 0 aliphatic heterocycles. The maximum atomic E-state index is 5.97. The predicted molar refractivity (Wildman–Crippen MR) is 71.1 cm³/mol. The molecule has 0 amide bonds. The molecule has 1 aliphatic rings. The number of nitrogens with two attached hydrogens (primary N) is 1. The fourth-order valence-electron chi connectivity index (χ4n) is 2.38. The van der Waals surface area contributed by atoms with Crippen molar-refractivity contribution in [2.24, 2.45) is 5.92 Å². The van der Waals surface area contributed by atoms with E-state index in [4.69, 9.17) is 17.3 Å². The number of hydrogen-bond donors (Lipinski definition) is 2. The molecule has 94 valence electrons. The molecule has 1 aromatic rings. The van der Waals surface area contributed by atoms with Gasteiger partial charge in [0.1, 0.15) is 10.8 Å². The van der Waals surface area contributed by atoms with E-state index in [0.29, 0.717) is 10.8 Å². The zero-order valence-corrected chi connectivity index (χ0v) is 10.7. The largest absolute Gasteiger partial charge is 0.369 e. The average Bonchev–Trinajstić information content (AvgIpc) is 2.35. The van der Waals surface area contributed by atoms with Gasteiger partial charge in [0.15, 0.2) is 0 Å². The number of hydrogen-bond acceptors (Lipinski definition) is 4. The van der Waals surface area contributed by atoms with Crippen LogP contribution in [0.3, 0.4) is 0 Å². The van der Waals surface area contributed by atoms with Gasteiger partial charge in [0.25, 0.3) is 0 Å². The molecule has 1 fully saturated rings. The van der Waals surface area contributed by atoms with Crippen molar-refractivity contribution in [3.8, 4) is 0 Å². The molecule has 0 unspecified atom stereocenters. The molecule has 4 nitrogen and oxygen atoms in total. The van der Waals surface area contributed by atoms with Gasteiger partial charge in [-0.1, -0.05) is 43.7 Å². The van der Waals surface area contributed by atoms with Gasteiger partial charge in [-0.05, 0) is 12.3 Å². The van der Waals surface area contributed by atoms with Gasteiger partial charge in [-0.3, -0.25) is 0 Å². The van der Waals surface area contributed by atoms with Gasteiger partial charge in [-0.25, -0.2) is 4.98 Å². The summed E-state index contributed by atoms with van der Waals surface area (Å²) in [6.07, 6.45) is 9.60. The summed E-state index contributed by atoms with van der Waals surface area (Å²) in [5.41, 5.74) is 5.52. The maximum Gasteiger partial charge on any atom is 0.222 e. The second-order valence-electron chi connectivity index (χ2n) is 4.64. The summed E-state index contributed by atoms with van der Waals surface area (Å²) in [4.78, 5) is 7.91. The topological polar surface area (TPSA) is 63.8 Å². The quantitative estimate of drug-likeness (QED) is 0.867. The van der Waals surface area contributed by atoms with E-state index in [1.54, 1.807) is 0 Å². The highest BCUT2D eigenvalue weighted by Crippen LogP contribution is 2.26. The molecule has 0 atom stereocenters. The molecule has 0 saturated heterocycles. The standard InChI is InChI=1S/C12H19ClN4/c13-10-8-16-12(14)17-11(10)15-7-6-9-4-2-1-3-5-9/h8-9H,1-7H2,(H3,14,15,16,17). The molecule has 0 spiro atoms. The second kappa shape index (κ2) is 6.05. The van der Waals surface area contributed by atoms with Gasteiger partial charge in [0, 0.05) is 6.54 Å². The third-order valence-electron chi connectivity index (χ3n) is 3.33. The first-order valence-corrected chi connectivity index (χ1v) is 6.65. The van der Waals surface area contributed by atoms with Crippen LogP contribution >= 0.6 is 11.6 Å². The van der Waals surface area contributed by atoms with E-state index in [1.165, 1.54) is 44.7 Å². The second-order valence-corrected chi connectivity index (χ2v) is 5.05. The van der Waals surface area contributed by atoms with Crippen molar-refractivity contribution >= 4 is 23.4 Å². The molecule has 0 bridgehead atoms. The Morgan fingerprint density at radius 1 is 1.35 bits per heavy atom. The van der Waals surface area contributed by atoms with Crippen LogP contribution in [-0.4, -0.2) is 16.5 Å². The van der Waals surface area contributed by atoms with Crippen LogP contribution in [0.1, 0.15) is 38.5 Å². The van der Waals surface area contributed by atoms with Crippen molar-refractivity contribution in [2.75, 3.05) is 17.6 Å². The van der Waals surface area contributed by atoms with Crippen molar-refractivity contribution in [1.82, 2.24) is 9.97 Å². The highest BCUT2D eigenvalue weighted by molar-refractivity contribution is 6.32. The highest BCUT2D eigenvalue weighted by atomic mass is 35.5. The lowest BCUT2D eigenvalue weighted by Crippen LogP contribution is -2.13. The number of nitrogen functional groups attached to an aromatic ring is 1. The number of nitrogens with zero attached hydrogens (tertiary/aromatic N) is 2. The first kappa shape index (κ1) is 12.4. The van der Waals surface area contributed by atoms with Crippen molar-refractivity contribution in [3.05, 3.63) is 11.2 Å². The first-order valence-electron chi connectivity index (χ1n) is 6.27. The Bertz CT molecular complexity index is 364. The summed E-state index contributed by atoms with van der Waals surface area (Å²) in [6, 6.07) is 0. The lowest BCUT2D eigenvalue weighted by Gasteiger charge is -2.21. The van der Waals surface area contributed by atoms with Gasteiger partial charge in [0.2, 0.25) is 5.95 Å². The predicted octanol–water partition coefficient (Wildman–Crippen LogP) is 3.09. The average molecular weight is 255 g/mol. The normalized spacial score (nSPS) is 17.0. The van der Waals surface area contributed by atoms with Gasteiger partial charge in [-0.15, -0.1) is 0 Å². The smallest absolute Gasteiger partial charge is 0.222 e. The molecule has 2 rings (SSSR count). The Balaban J connectivity index is 1.79. The lowest BCUT2D eigenvalue weighted by molar-refractivity contribution is 0.345. The Labute approximate surface area is 107 Å². The van der Waals surface area contributed by atoms with Crippen molar-refractivity contribution < 1.29 is 0 Å². The van der Waals surface area contributed by atoms with Crippen LogP contribution in [0.2, 0.25) is 5.02 Å². The van der Waals surface area contributed by atoms with Crippen LogP contribution in [0.15, 0.2) is 6.20 Å². The van der Waals surface area contributed by atoms with Gasteiger partial charge >= 0.3 is 0 Å². The molecule has 3 N–H and O–H groups in total. The molecule has 1 aliphatic carbocycles. The zero-order chi connectivity index (χ0) is 12.1. The molecule has 1 heterocycles. The SMILES string of the molecule is Nc1ncc(Cl)c(NCCC2CCCCC2)n1. The zero-order valence-electron chi connectivity index (χ0n) is 9.95. The number of rotatable bonds is 4. The van der Waals surface area contributed by atoms with E-state index in [1.807, 2.05) is 0 Å². The van der Waals surface area contributed by atoms with Crippen LogP contribution in [0.5, 0.6) is 0 Å². The monoisotopic (exact) mass is 254 g/mol. The number of aromatic nitrogens is 2. The summed E-state index contributed by atoms with van der Waals surface area (Å²) in [5.74, 6) is 1.76. The number of nitrogens with one attached hydrogen (secondary N) is 1. The van der Waals surface area contributed by atoms with E-state index >= 15 is 0 Å². The van der Waals surface area contributed by atoms with E-state index < -0.39 is 0 Å². The molecule has 5 heteroatoms. The number of anilines is 2. The lowest BCUT2D eigenvalue weighted by atomic mass is 9.87. The van der Waals surface area contributed by atoms with Crippen LogP contribution < -0.4 is 11.1 Å². The third kappa shape index (κ3) is 3.73. The van der Waals surface area contributed by atoms with E-state index in [0.717, 1.165) is 12.5 Å². The molecule has 0 radical (unpaired) electrons. The summed E-state index contributed by atoms with van der Waals surface area (Å²) in [5, 5.41) is 3.77. The Morgan fingerprint density at radius 2 is 2.12 bits per heavy atom. The fourth-order valence-corrected chi connectivity index (χ4v) is 2.53. The van der Waals surface area contributed by atoms with E-state index in [2.05, 4.69) is 15.3 Å². The van der Waals surface area contributed by atoms with Crippen molar-refractivity contribution in [1.29, 1.82) is 0 Å². The molecule has 17 heavy (non-hydrogen) atoms. The van der Waals surface area contributed by atoms with Crippen LogP contribution in [0.25, 0.3) is 0 Å².